The van der Waals surface area contributed by atoms with Crippen LogP contribution in [0.3, 0.4) is 0 Å². The van der Waals surface area contributed by atoms with E-state index in [9.17, 15) is 27.2 Å². The number of aromatic nitrogens is 16. The van der Waals surface area contributed by atoms with Crippen LogP contribution in [0.5, 0.6) is 24.0 Å². The lowest BCUT2D eigenvalue weighted by molar-refractivity contribution is -0.147. The number of rotatable bonds is 18. The van der Waals surface area contributed by atoms with E-state index in [1.54, 1.807) is 36.9 Å². The predicted octanol–water partition coefficient (Wildman–Crippen LogP) is 4.25. The first-order valence-electron chi connectivity index (χ1n) is 26.3. The summed E-state index contributed by atoms with van der Waals surface area (Å²) in [5.41, 5.74) is -2.92. The molecule has 13 rings (SSSR count). The molecular formula is C53H48BBr2ClF4N16O12S. The summed E-state index contributed by atoms with van der Waals surface area (Å²) in [4.78, 5) is 61.8. The van der Waals surface area contributed by atoms with Crippen molar-refractivity contribution in [1.29, 1.82) is 0 Å². The number of benzene rings is 1. The number of halogens is 7. The summed E-state index contributed by atoms with van der Waals surface area (Å²) in [7, 11) is -1.62. The molecule has 4 aliphatic heterocycles. The van der Waals surface area contributed by atoms with Crippen molar-refractivity contribution < 1.29 is 65.5 Å². The quantitative estimate of drug-likeness (QED) is 0.0614. The summed E-state index contributed by atoms with van der Waals surface area (Å²) in [6.45, 7) is -0.0448. The van der Waals surface area contributed by atoms with Gasteiger partial charge in [-0.05, 0) is 55.6 Å². The third-order valence-corrected chi connectivity index (χ3v) is 14.0. The van der Waals surface area contributed by atoms with Crippen LogP contribution in [0.15, 0.2) is 135 Å². The van der Waals surface area contributed by atoms with Crippen molar-refractivity contribution >= 4 is 67.4 Å². The van der Waals surface area contributed by atoms with Crippen LogP contribution in [0.4, 0.5) is 17.6 Å². The number of nitrogens with one attached hydrogen (secondary N) is 1. The zero-order valence-electron chi connectivity index (χ0n) is 46.5. The Labute approximate surface area is 532 Å². The SMILES string of the molecule is Clc1ncc(Br)cn1.FC1(COc2ncc(Br)cn2)COC1.O=c1ccc(-c2cnc(OCC3(F)COC3)nc2)n[nH]1.O=c1ccc(-c2cnc(OCC3(F)COC3)nc2)nn1Cc1nnc(-c2ccccc2)s1.OB(O)c1cnc(OCC2(F)COC2)nc1. The molecule has 0 atom stereocenters. The summed E-state index contributed by atoms with van der Waals surface area (Å²) < 4.78 is 96.9. The van der Waals surface area contributed by atoms with Gasteiger partial charge in [0.1, 0.15) is 36.4 Å². The van der Waals surface area contributed by atoms with Gasteiger partial charge in [0.15, 0.2) is 22.7 Å². The van der Waals surface area contributed by atoms with Crippen molar-refractivity contribution in [2.24, 2.45) is 0 Å². The Kier molecular flexibility index (Phi) is 22.9. The van der Waals surface area contributed by atoms with E-state index in [0.29, 0.717) is 27.5 Å². The van der Waals surface area contributed by atoms with E-state index >= 15 is 0 Å². The van der Waals surface area contributed by atoms with E-state index in [0.717, 1.165) is 19.5 Å². The first-order chi connectivity index (χ1) is 43.3. The lowest BCUT2D eigenvalue weighted by Gasteiger charge is -2.32. The normalized spacial score (nSPS) is 15.7. The highest BCUT2D eigenvalue weighted by Gasteiger charge is 2.42. The summed E-state index contributed by atoms with van der Waals surface area (Å²) in [5, 5.41) is 38.2. The van der Waals surface area contributed by atoms with Gasteiger partial charge < -0.3 is 47.9 Å². The van der Waals surface area contributed by atoms with Gasteiger partial charge in [0.05, 0.1) is 79.7 Å². The molecule has 4 fully saturated rings. The molecule has 4 saturated heterocycles. The highest BCUT2D eigenvalue weighted by Crippen LogP contribution is 2.27. The fourth-order valence-corrected chi connectivity index (χ4v) is 8.35. The number of ether oxygens (including phenoxy) is 8. The molecule has 0 unspecified atom stereocenters. The van der Waals surface area contributed by atoms with Crippen molar-refractivity contribution in [1.82, 2.24) is 80.0 Å². The van der Waals surface area contributed by atoms with Crippen LogP contribution >= 0.6 is 54.8 Å². The Morgan fingerprint density at radius 1 is 0.544 bits per heavy atom. The van der Waals surface area contributed by atoms with Gasteiger partial charge >= 0.3 is 31.2 Å². The van der Waals surface area contributed by atoms with Crippen LogP contribution in [-0.4, -0.2) is 199 Å². The molecule has 0 aliphatic carbocycles. The minimum Gasteiger partial charge on any atom is -0.460 e. The standard InChI is InChI=1S/C21H17FN6O3S.C12H11FN4O3.C8H10BFN2O4.C8H8BrFN2O2.C4H2BrClN2/c22-21(11-30-12-21)13-31-20-23-8-15(9-24-20)16-6-7-18(29)28(27-16)10-17-25-26-19(32-17)14-4-2-1-3-5-14;13-12(5-19-6-12)7-20-11-14-3-8(4-15-11)9-1-2-10(18)17-16-9;10-8(3-15-4-8)5-16-7-11-1-6(2-12-7)9(13)14;9-6-1-11-7(12-2-6)14-5-8(10)3-13-4-8;5-3-1-7-4(6)8-2-3/h1-9H,10-13H2;1-4H,5-7H2,(H,17,18);1-2,13-14H,3-5H2;1-2H,3-5H2;1-2H. The van der Waals surface area contributed by atoms with E-state index in [-0.39, 0.29) is 132 Å². The third kappa shape index (κ3) is 20.0. The summed E-state index contributed by atoms with van der Waals surface area (Å²) >= 11 is 13.1. The van der Waals surface area contributed by atoms with Crippen molar-refractivity contribution in [2.45, 2.75) is 29.2 Å². The van der Waals surface area contributed by atoms with Crippen LogP contribution in [0.1, 0.15) is 5.01 Å². The molecule has 470 valence electrons. The van der Waals surface area contributed by atoms with Gasteiger partial charge in [0, 0.05) is 96.3 Å². The summed E-state index contributed by atoms with van der Waals surface area (Å²) in [6, 6.07) is 16.0. The van der Waals surface area contributed by atoms with E-state index in [4.69, 9.17) is 59.5 Å². The predicted molar refractivity (Wildman–Crippen MR) is 317 cm³/mol. The number of aromatic amines is 1. The zero-order valence-corrected chi connectivity index (χ0v) is 51.2. The number of hydrogen-bond acceptors (Lipinski definition) is 27. The average Bonchev–Trinajstić information content (AvgIpc) is 3.41. The van der Waals surface area contributed by atoms with Crippen molar-refractivity contribution in [3.05, 3.63) is 157 Å². The van der Waals surface area contributed by atoms with Crippen molar-refractivity contribution in [3.63, 3.8) is 0 Å². The first kappa shape index (κ1) is 66.4. The molecule has 37 heteroatoms. The highest BCUT2D eigenvalue weighted by molar-refractivity contribution is 9.10. The number of hydrogen-bond donors (Lipinski definition) is 3. The maximum absolute atomic E-state index is 13.9. The molecule has 3 N–H and O–H groups in total. The first-order valence-corrected chi connectivity index (χ1v) is 29.1. The molecule has 28 nitrogen and oxygen atoms in total. The minimum absolute atomic E-state index is 0.00618. The van der Waals surface area contributed by atoms with Crippen LogP contribution in [0, 0.1) is 0 Å². The van der Waals surface area contributed by atoms with Crippen molar-refractivity contribution in [3.8, 4) is 57.1 Å². The highest BCUT2D eigenvalue weighted by atomic mass is 79.9. The van der Waals surface area contributed by atoms with E-state index in [1.807, 2.05) is 30.3 Å². The molecule has 8 aromatic heterocycles. The Balaban J connectivity index is 0.000000143. The molecular weight excluding hydrogens is 1370 g/mol. The third-order valence-electron chi connectivity index (χ3n) is 12.0. The molecule has 0 radical (unpaired) electrons. The molecule has 1 aromatic carbocycles. The number of H-pyrrole nitrogens is 1. The van der Waals surface area contributed by atoms with Crippen molar-refractivity contribution in [2.75, 3.05) is 79.3 Å². The Hall–Kier alpha value is -8.07. The number of nitrogens with zero attached hydrogens (tertiary/aromatic N) is 15. The van der Waals surface area contributed by atoms with Gasteiger partial charge in [-0.25, -0.2) is 77.2 Å². The van der Waals surface area contributed by atoms with Gasteiger partial charge in [-0.3, -0.25) is 9.59 Å². The molecule has 0 bridgehead atoms. The van der Waals surface area contributed by atoms with E-state index < -0.39 is 29.8 Å². The summed E-state index contributed by atoms with van der Waals surface area (Å²) in [5.74, 6) is 0. The van der Waals surface area contributed by atoms with Crippen LogP contribution < -0.4 is 35.5 Å². The maximum atomic E-state index is 13.9. The second-order valence-electron chi connectivity index (χ2n) is 19.7. The molecule has 0 spiro atoms. The Morgan fingerprint density at radius 3 is 1.36 bits per heavy atom. The smallest absolute Gasteiger partial charge is 0.460 e. The lowest BCUT2D eigenvalue weighted by atomic mass is 9.83. The summed E-state index contributed by atoms with van der Waals surface area (Å²) in [6.07, 6.45) is 14.7. The minimum atomic E-state index is -1.62. The average molecular weight is 1420 g/mol. The molecule has 90 heavy (non-hydrogen) atoms. The maximum Gasteiger partial charge on any atom is 0.491 e. The molecule has 0 saturated carbocycles. The fraction of sp³-hybridized carbons (Fsp3) is 0.321. The zero-order chi connectivity index (χ0) is 63.6. The van der Waals surface area contributed by atoms with Gasteiger partial charge in [0.2, 0.25) is 5.28 Å². The van der Waals surface area contributed by atoms with Gasteiger partial charge in [-0.1, -0.05) is 41.7 Å². The van der Waals surface area contributed by atoms with Gasteiger partial charge in [0.25, 0.3) is 11.1 Å². The fourth-order valence-electron chi connectivity index (χ4n) is 7.02. The van der Waals surface area contributed by atoms with Gasteiger partial charge in [-0.2, -0.15) is 10.2 Å². The Morgan fingerprint density at radius 2 is 0.956 bits per heavy atom. The lowest BCUT2D eigenvalue weighted by Crippen LogP contribution is -2.50. The van der Waals surface area contributed by atoms with Crippen LogP contribution in [0.25, 0.3) is 33.1 Å². The van der Waals surface area contributed by atoms with Crippen LogP contribution in [0.2, 0.25) is 5.28 Å². The van der Waals surface area contributed by atoms with E-state index in [1.165, 1.54) is 65.3 Å². The molecule has 4 aliphatic rings. The topological polar surface area (TPSA) is 350 Å². The monoisotopic (exact) mass is 1410 g/mol. The second kappa shape index (κ2) is 31.1. The number of alkyl halides is 4. The second-order valence-corrected chi connectivity index (χ2v) is 22.9. The molecule has 12 heterocycles. The molecule has 9 aromatic rings. The van der Waals surface area contributed by atoms with Gasteiger partial charge in [-0.15, -0.1) is 10.2 Å². The van der Waals surface area contributed by atoms with Crippen LogP contribution in [-0.2, 0) is 25.5 Å². The molecule has 0 amide bonds. The Bertz CT molecular complexity index is 3800. The largest absolute Gasteiger partial charge is 0.491 e. The van der Waals surface area contributed by atoms with E-state index in [2.05, 4.69) is 107 Å².